The number of nitrogen functional groups attached to an aromatic ring is 1. The second-order valence-electron chi connectivity index (χ2n) is 3.85. The largest absolute Gasteiger partial charge is 0.456 e. The maximum absolute atomic E-state index is 13.4. The molecule has 0 aliphatic carbocycles. The number of halogens is 3. The monoisotopic (exact) mass is 358 g/mol. The number of nitrogens with two attached hydrogens (primary N) is 1. The molecule has 1 heterocycles. The molecule has 0 radical (unpaired) electrons. The molecule has 0 amide bonds. The Balaban J connectivity index is 2.18. The summed E-state index contributed by atoms with van der Waals surface area (Å²) in [6, 6.07) is 9.10. The van der Waals surface area contributed by atoms with Crippen LogP contribution in [0.25, 0.3) is 0 Å². The number of anilines is 1. The number of aromatic nitrogens is 1. The highest BCUT2D eigenvalue weighted by atomic mass is 79.9. The molecule has 0 atom stereocenters. The van der Waals surface area contributed by atoms with E-state index in [4.69, 9.17) is 22.1 Å². The normalized spacial score (nSPS) is 10.3. The van der Waals surface area contributed by atoms with Crippen molar-refractivity contribution in [2.24, 2.45) is 0 Å². The maximum Gasteiger partial charge on any atom is 0.358 e. The molecule has 0 spiro atoms. The van der Waals surface area contributed by atoms with Gasteiger partial charge in [0.05, 0.1) is 10.7 Å². The van der Waals surface area contributed by atoms with Crippen LogP contribution in [0.4, 0.5) is 10.1 Å². The molecule has 0 saturated heterocycles. The fraction of sp³-hybridized carbons (Fsp3) is 0.0769. The van der Waals surface area contributed by atoms with Gasteiger partial charge in [-0.2, -0.15) is 0 Å². The summed E-state index contributed by atoms with van der Waals surface area (Å²) in [5.41, 5.74) is 5.68. The number of rotatable bonds is 3. The van der Waals surface area contributed by atoms with Crippen molar-refractivity contribution >= 4 is 39.2 Å². The quantitative estimate of drug-likeness (QED) is 0.672. The minimum absolute atomic E-state index is 0.0621. The Kier molecular flexibility index (Phi) is 4.57. The summed E-state index contributed by atoms with van der Waals surface area (Å²) in [4.78, 5) is 15.6. The van der Waals surface area contributed by atoms with Crippen LogP contribution in [0.1, 0.15) is 16.1 Å². The Labute approximate surface area is 127 Å². The first-order valence-corrected chi connectivity index (χ1v) is 6.68. The molecule has 2 aromatic rings. The molecule has 104 valence electrons. The average molecular weight is 360 g/mol. The number of hydrogen-bond donors (Lipinski definition) is 1. The molecule has 0 aliphatic heterocycles. The predicted molar refractivity (Wildman–Crippen MR) is 76.9 cm³/mol. The highest BCUT2D eigenvalue weighted by molar-refractivity contribution is 9.10. The minimum Gasteiger partial charge on any atom is -0.456 e. The van der Waals surface area contributed by atoms with Gasteiger partial charge in [-0.25, -0.2) is 14.2 Å². The van der Waals surface area contributed by atoms with E-state index in [1.54, 1.807) is 12.1 Å². The number of carbonyl (C=O) groups is 1. The predicted octanol–water partition coefficient (Wildman–Crippen LogP) is 3.58. The van der Waals surface area contributed by atoms with Crippen LogP contribution in [-0.4, -0.2) is 11.0 Å². The van der Waals surface area contributed by atoms with Crippen molar-refractivity contribution in [1.29, 1.82) is 0 Å². The van der Waals surface area contributed by atoms with Gasteiger partial charge in [0.25, 0.3) is 0 Å². The van der Waals surface area contributed by atoms with E-state index >= 15 is 0 Å². The maximum atomic E-state index is 13.4. The smallest absolute Gasteiger partial charge is 0.358 e. The van der Waals surface area contributed by atoms with Crippen LogP contribution >= 0.6 is 27.5 Å². The third-order valence-corrected chi connectivity index (χ3v) is 3.39. The van der Waals surface area contributed by atoms with E-state index in [1.165, 1.54) is 0 Å². The standard InChI is InChI=1S/C13H9BrClFN2O2/c14-12-9(16)10(17)8(15)11(18-12)13(19)20-6-7-4-2-1-3-5-7/h1-5H,6H2,(H2,17,18). The first-order valence-electron chi connectivity index (χ1n) is 5.51. The lowest BCUT2D eigenvalue weighted by Crippen LogP contribution is -2.11. The van der Waals surface area contributed by atoms with Gasteiger partial charge < -0.3 is 10.5 Å². The number of hydrogen-bond acceptors (Lipinski definition) is 4. The van der Waals surface area contributed by atoms with E-state index in [-0.39, 0.29) is 27.6 Å². The van der Waals surface area contributed by atoms with Gasteiger partial charge in [0.15, 0.2) is 11.5 Å². The van der Waals surface area contributed by atoms with Crippen molar-refractivity contribution in [1.82, 2.24) is 4.98 Å². The third-order valence-electron chi connectivity index (χ3n) is 2.48. The number of benzene rings is 1. The van der Waals surface area contributed by atoms with Gasteiger partial charge in [-0.05, 0) is 21.5 Å². The summed E-state index contributed by atoms with van der Waals surface area (Å²) >= 11 is 8.66. The second kappa shape index (κ2) is 6.19. The fourth-order valence-electron chi connectivity index (χ4n) is 1.46. The molecule has 0 aliphatic rings. The second-order valence-corrected chi connectivity index (χ2v) is 4.98. The summed E-state index contributed by atoms with van der Waals surface area (Å²) in [7, 11) is 0. The Morgan fingerprint density at radius 3 is 2.70 bits per heavy atom. The van der Waals surface area contributed by atoms with E-state index in [0.717, 1.165) is 5.56 Å². The Morgan fingerprint density at radius 1 is 1.40 bits per heavy atom. The summed E-state index contributed by atoms with van der Waals surface area (Å²) in [6.45, 7) is 0.0621. The fourth-order valence-corrected chi connectivity index (χ4v) is 2.05. The van der Waals surface area contributed by atoms with E-state index in [0.29, 0.717) is 0 Å². The number of esters is 1. The van der Waals surface area contributed by atoms with E-state index < -0.39 is 11.8 Å². The molecule has 2 N–H and O–H groups in total. The number of nitrogens with zero attached hydrogens (tertiary/aromatic N) is 1. The zero-order valence-corrected chi connectivity index (χ0v) is 12.4. The summed E-state index contributed by atoms with van der Waals surface area (Å²) < 4.78 is 18.3. The first-order chi connectivity index (χ1) is 9.50. The number of pyridine rings is 1. The van der Waals surface area contributed by atoms with Crippen molar-refractivity contribution in [2.75, 3.05) is 5.73 Å². The topological polar surface area (TPSA) is 65.2 Å². The van der Waals surface area contributed by atoms with Gasteiger partial charge in [0.2, 0.25) is 0 Å². The van der Waals surface area contributed by atoms with Gasteiger partial charge in [0.1, 0.15) is 11.2 Å². The zero-order valence-electron chi connectivity index (χ0n) is 10.1. The highest BCUT2D eigenvalue weighted by Gasteiger charge is 2.21. The molecule has 7 heteroatoms. The molecular weight excluding hydrogens is 351 g/mol. The molecule has 1 aromatic carbocycles. The Morgan fingerprint density at radius 2 is 2.05 bits per heavy atom. The van der Waals surface area contributed by atoms with Gasteiger partial charge in [-0.3, -0.25) is 0 Å². The van der Waals surface area contributed by atoms with Crippen LogP contribution in [0.2, 0.25) is 5.02 Å². The van der Waals surface area contributed by atoms with Crippen LogP contribution in [0.15, 0.2) is 34.9 Å². The summed E-state index contributed by atoms with van der Waals surface area (Å²) in [5.74, 6) is -1.58. The molecule has 0 fully saturated rings. The number of ether oxygens (including phenoxy) is 1. The molecule has 2 rings (SSSR count). The van der Waals surface area contributed by atoms with E-state index in [9.17, 15) is 9.18 Å². The van der Waals surface area contributed by atoms with Gasteiger partial charge in [0, 0.05) is 0 Å². The Bertz CT molecular complexity index is 653. The van der Waals surface area contributed by atoms with Crippen LogP contribution < -0.4 is 5.73 Å². The molecular formula is C13H9BrClFN2O2. The molecule has 4 nitrogen and oxygen atoms in total. The van der Waals surface area contributed by atoms with Crippen LogP contribution in [0.5, 0.6) is 0 Å². The molecule has 1 aromatic heterocycles. The van der Waals surface area contributed by atoms with Crippen LogP contribution in [0, 0.1) is 5.82 Å². The first kappa shape index (κ1) is 14.7. The Hall–Kier alpha value is -1.66. The van der Waals surface area contributed by atoms with Gasteiger partial charge >= 0.3 is 5.97 Å². The molecule has 0 saturated carbocycles. The van der Waals surface area contributed by atoms with Crippen LogP contribution in [0.3, 0.4) is 0 Å². The lowest BCUT2D eigenvalue weighted by molar-refractivity contribution is 0.0465. The SMILES string of the molecule is Nc1c(F)c(Br)nc(C(=O)OCc2ccccc2)c1Cl. The minimum atomic E-state index is -0.811. The molecule has 20 heavy (non-hydrogen) atoms. The molecule has 0 unspecified atom stereocenters. The van der Waals surface area contributed by atoms with E-state index in [2.05, 4.69) is 20.9 Å². The van der Waals surface area contributed by atoms with Crippen LogP contribution in [-0.2, 0) is 11.3 Å². The summed E-state index contributed by atoms with van der Waals surface area (Å²) in [6.07, 6.45) is 0. The van der Waals surface area contributed by atoms with Crippen molar-refractivity contribution in [2.45, 2.75) is 6.61 Å². The van der Waals surface area contributed by atoms with Crippen molar-refractivity contribution in [3.63, 3.8) is 0 Å². The highest BCUT2D eigenvalue weighted by Crippen LogP contribution is 2.29. The van der Waals surface area contributed by atoms with Crippen molar-refractivity contribution in [3.8, 4) is 0 Å². The van der Waals surface area contributed by atoms with Crippen molar-refractivity contribution < 1.29 is 13.9 Å². The molecule has 0 bridgehead atoms. The van der Waals surface area contributed by atoms with E-state index in [1.807, 2.05) is 18.2 Å². The zero-order chi connectivity index (χ0) is 14.7. The van der Waals surface area contributed by atoms with Crippen molar-refractivity contribution in [3.05, 3.63) is 57.0 Å². The lowest BCUT2D eigenvalue weighted by Gasteiger charge is -2.08. The number of carbonyl (C=O) groups excluding carboxylic acids is 1. The third kappa shape index (κ3) is 3.08. The van der Waals surface area contributed by atoms with Gasteiger partial charge in [-0.1, -0.05) is 41.9 Å². The summed E-state index contributed by atoms with van der Waals surface area (Å²) in [5, 5.41) is -0.260. The lowest BCUT2D eigenvalue weighted by atomic mass is 10.2. The average Bonchev–Trinajstić information content (AvgIpc) is 2.47. The van der Waals surface area contributed by atoms with Gasteiger partial charge in [-0.15, -0.1) is 0 Å².